The first kappa shape index (κ1) is 15.9. The summed E-state index contributed by atoms with van der Waals surface area (Å²) in [5, 5.41) is 22.4. The number of urea groups is 1. The fourth-order valence-electron chi connectivity index (χ4n) is 1.72. The Bertz CT molecular complexity index is 504. The van der Waals surface area contributed by atoms with Crippen LogP contribution in [0.1, 0.15) is 24.1 Å². The van der Waals surface area contributed by atoms with Gasteiger partial charge in [-0.15, -0.1) is 0 Å². The van der Waals surface area contributed by atoms with Crippen molar-refractivity contribution >= 4 is 11.7 Å². The molecule has 1 aromatic rings. The van der Waals surface area contributed by atoms with Crippen molar-refractivity contribution < 1.29 is 14.8 Å². The van der Waals surface area contributed by atoms with Gasteiger partial charge in [0.05, 0.1) is 17.6 Å². The fourth-order valence-corrected chi connectivity index (χ4v) is 1.72. The first-order valence-corrected chi connectivity index (χ1v) is 6.24. The third-order valence-electron chi connectivity index (χ3n) is 3.05. The average Bonchev–Trinajstić information content (AvgIpc) is 2.38. The van der Waals surface area contributed by atoms with E-state index in [1.54, 1.807) is 33.0 Å². The Kier molecular flexibility index (Phi) is 5.45. The molecule has 0 bridgehead atoms. The molecule has 0 fully saturated rings. The van der Waals surface area contributed by atoms with Gasteiger partial charge < -0.3 is 15.3 Å². The minimum Gasteiger partial charge on any atom is -0.395 e. The minimum absolute atomic E-state index is 0.0345. The number of aliphatic hydroxyl groups excluding tert-OH is 1. The number of nitro benzene ring substituents is 1. The van der Waals surface area contributed by atoms with Gasteiger partial charge in [-0.25, -0.2) is 4.79 Å². The van der Waals surface area contributed by atoms with Gasteiger partial charge in [0, 0.05) is 25.2 Å². The van der Waals surface area contributed by atoms with Crippen molar-refractivity contribution in [1.82, 2.24) is 10.2 Å². The number of likely N-dealkylation sites (N-methyl/N-ethyl adjacent to an activating group) is 1. The lowest BCUT2D eigenvalue weighted by molar-refractivity contribution is -0.385. The van der Waals surface area contributed by atoms with Gasteiger partial charge in [0.25, 0.3) is 5.69 Å². The summed E-state index contributed by atoms with van der Waals surface area (Å²) in [6.07, 6.45) is 0. The number of hydrogen-bond donors (Lipinski definition) is 2. The summed E-state index contributed by atoms with van der Waals surface area (Å²) in [5.74, 6) is 0. The van der Waals surface area contributed by atoms with Gasteiger partial charge >= 0.3 is 6.03 Å². The highest BCUT2D eigenvalue weighted by molar-refractivity contribution is 5.74. The van der Waals surface area contributed by atoms with Crippen molar-refractivity contribution in [1.29, 1.82) is 0 Å². The fraction of sp³-hybridized carbons (Fsp3) is 0.462. The molecule has 7 heteroatoms. The molecule has 2 amide bonds. The molecule has 20 heavy (non-hydrogen) atoms. The number of amides is 2. The molecule has 0 saturated heterocycles. The molecule has 1 unspecified atom stereocenters. The molecule has 0 spiro atoms. The van der Waals surface area contributed by atoms with Gasteiger partial charge in [-0.1, -0.05) is 12.1 Å². The molecule has 0 radical (unpaired) electrons. The Morgan fingerprint density at radius 1 is 1.55 bits per heavy atom. The molecule has 0 aromatic heterocycles. The second-order valence-corrected chi connectivity index (χ2v) is 4.62. The van der Waals surface area contributed by atoms with Crippen LogP contribution in [0.15, 0.2) is 18.2 Å². The van der Waals surface area contributed by atoms with Crippen LogP contribution in [0.4, 0.5) is 10.5 Å². The number of aryl methyl sites for hydroxylation is 1. The third kappa shape index (κ3) is 3.92. The van der Waals surface area contributed by atoms with Crippen LogP contribution in [-0.4, -0.2) is 41.2 Å². The normalized spacial score (nSPS) is 11.8. The number of carbonyl (C=O) groups is 1. The number of aliphatic hydroxyl groups is 1. The topological polar surface area (TPSA) is 95.7 Å². The van der Waals surface area contributed by atoms with E-state index in [9.17, 15) is 14.9 Å². The number of nitrogens with one attached hydrogen (secondary N) is 1. The number of benzene rings is 1. The molecule has 0 aliphatic rings. The summed E-state index contributed by atoms with van der Waals surface area (Å²) >= 11 is 0. The van der Waals surface area contributed by atoms with Crippen LogP contribution >= 0.6 is 0 Å². The first-order chi connectivity index (χ1) is 9.36. The van der Waals surface area contributed by atoms with Crippen molar-refractivity contribution in [3.05, 3.63) is 39.4 Å². The number of nitro groups is 1. The second-order valence-electron chi connectivity index (χ2n) is 4.62. The lowest BCUT2D eigenvalue weighted by Gasteiger charge is -2.21. The lowest BCUT2D eigenvalue weighted by atomic mass is 10.0. The zero-order valence-electron chi connectivity index (χ0n) is 11.8. The van der Waals surface area contributed by atoms with Gasteiger partial charge in [-0.3, -0.25) is 10.1 Å². The summed E-state index contributed by atoms with van der Waals surface area (Å²) in [6.45, 7) is 3.53. The Morgan fingerprint density at radius 2 is 2.20 bits per heavy atom. The Balaban J connectivity index is 2.82. The Morgan fingerprint density at radius 3 is 2.75 bits per heavy atom. The molecule has 110 valence electrons. The molecule has 1 atom stereocenters. The van der Waals surface area contributed by atoms with Gasteiger partial charge in [-0.05, 0) is 19.4 Å². The Hall–Kier alpha value is -2.15. The van der Waals surface area contributed by atoms with Crippen LogP contribution in [0.5, 0.6) is 0 Å². The van der Waals surface area contributed by atoms with E-state index < -0.39 is 4.92 Å². The van der Waals surface area contributed by atoms with E-state index in [0.717, 1.165) is 0 Å². The first-order valence-electron chi connectivity index (χ1n) is 6.24. The van der Waals surface area contributed by atoms with E-state index in [-0.39, 0.29) is 30.9 Å². The van der Waals surface area contributed by atoms with Crippen molar-refractivity contribution in [3.8, 4) is 0 Å². The summed E-state index contributed by atoms with van der Waals surface area (Å²) in [7, 11) is 1.57. The molecular weight excluding hydrogens is 262 g/mol. The van der Waals surface area contributed by atoms with Crippen molar-refractivity contribution in [2.24, 2.45) is 0 Å². The van der Waals surface area contributed by atoms with E-state index in [4.69, 9.17) is 5.11 Å². The Labute approximate surface area is 117 Å². The maximum absolute atomic E-state index is 11.8. The zero-order valence-corrected chi connectivity index (χ0v) is 11.8. The smallest absolute Gasteiger partial charge is 0.317 e. The highest BCUT2D eigenvalue weighted by Crippen LogP contribution is 2.23. The van der Waals surface area contributed by atoms with Gasteiger partial charge in [-0.2, -0.15) is 0 Å². The minimum atomic E-state index is -0.439. The maximum atomic E-state index is 11.8. The number of hydrogen-bond acceptors (Lipinski definition) is 4. The van der Waals surface area contributed by atoms with E-state index in [1.165, 1.54) is 11.0 Å². The number of rotatable bonds is 5. The SMILES string of the molecule is Cc1ccc(C(C)NC(=O)N(C)CCO)cc1[N+](=O)[O-]. The molecule has 2 N–H and O–H groups in total. The molecule has 1 rings (SSSR count). The van der Waals surface area contributed by atoms with E-state index >= 15 is 0 Å². The van der Waals surface area contributed by atoms with Crippen LogP contribution < -0.4 is 5.32 Å². The average molecular weight is 281 g/mol. The molecule has 0 heterocycles. The number of carbonyl (C=O) groups excluding carboxylic acids is 1. The zero-order chi connectivity index (χ0) is 15.3. The van der Waals surface area contributed by atoms with Gasteiger partial charge in [0.1, 0.15) is 0 Å². The summed E-state index contributed by atoms with van der Waals surface area (Å²) in [6, 6.07) is 4.18. The molecule has 0 aliphatic carbocycles. The van der Waals surface area contributed by atoms with Crippen LogP contribution in [-0.2, 0) is 0 Å². The predicted octanol–water partition coefficient (Wildman–Crippen LogP) is 1.60. The van der Waals surface area contributed by atoms with Crippen LogP contribution in [0.2, 0.25) is 0 Å². The monoisotopic (exact) mass is 281 g/mol. The standard InChI is InChI=1S/C13H19N3O4/c1-9-4-5-11(8-12(9)16(19)20)10(2)14-13(18)15(3)6-7-17/h4-5,8,10,17H,6-7H2,1-3H3,(H,14,18). The maximum Gasteiger partial charge on any atom is 0.317 e. The van der Waals surface area contributed by atoms with Crippen molar-refractivity contribution in [2.45, 2.75) is 19.9 Å². The van der Waals surface area contributed by atoms with Crippen LogP contribution in [0.3, 0.4) is 0 Å². The molecule has 0 saturated carbocycles. The highest BCUT2D eigenvalue weighted by Gasteiger charge is 2.17. The van der Waals surface area contributed by atoms with E-state index in [1.807, 2.05) is 0 Å². The number of nitrogens with zero attached hydrogens (tertiary/aromatic N) is 2. The van der Waals surface area contributed by atoms with Gasteiger partial charge in [0.15, 0.2) is 0 Å². The summed E-state index contributed by atoms with van der Waals surface area (Å²) < 4.78 is 0. The summed E-state index contributed by atoms with van der Waals surface area (Å²) in [4.78, 5) is 23.6. The quantitative estimate of drug-likeness (QED) is 0.633. The predicted molar refractivity (Wildman–Crippen MR) is 74.5 cm³/mol. The van der Waals surface area contributed by atoms with Crippen molar-refractivity contribution in [2.75, 3.05) is 20.2 Å². The summed E-state index contributed by atoms with van der Waals surface area (Å²) in [5.41, 5.74) is 1.27. The highest BCUT2D eigenvalue weighted by atomic mass is 16.6. The third-order valence-corrected chi connectivity index (χ3v) is 3.05. The van der Waals surface area contributed by atoms with E-state index in [2.05, 4.69) is 5.32 Å². The second kappa shape index (κ2) is 6.85. The lowest BCUT2D eigenvalue weighted by Crippen LogP contribution is -2.39. The van der Waals surface area contributed by atoms with Crippen LogP contribution in [0, 0.1) is 17.0 Å². The molecule has 0 aliphatic heterocycles. The molecular formula is C13H19N3O4. The van der Waals surface area contributed by atoms with Gasteiger partial charge in [0.2, 0.25) is 0 Å². The molecule has 1 aromatic carbocycles. The largest absolute Gasteiger partial charge is 0.395 e. The van der Waals surface area contributed by atoms with Crippen LogP contribution in [0.25, 0.3) is 0 Å². The molecule has 7 nitrogen and oxygen atoms in total. The van der Waals surface area contributed by atoms with E-state index in [0.29, 0.717) is 11.1 Å². The van der Waals surface area contributed by atoms with Crippen molar-refractivity contribution in [3.63, 3.8) is 0 Å².